The predicted octanol–water partition coefficient (Wildman–Crippen LogP) is 3.67. The Morgan fingerprint density at radius 3 is 2.43 bits per heavy atom. The smallest absolute Gasteiger partial charge is 0.193 e. The average molecular weight is 280 g/mol. The van der Waals surface area contributed by atoms with Crippen molar-refractivity contribution in [3.05, 3.63) is 59.4 Å². The molecule has 1 heterocycles. The third kappa shape index (κ3) is 2.33. The van der Waals surface area contributed by atoms with Gasteiger partial charge >= 0.3 is 0 Å². The van der Waals surface area contributed by atoms with Gasteiger partial charge in [-0.1, -0.05) is 43.2 Å². The number of anilines is 1. The molecular formula is C18H20N2O. The summed E-state index contributed by atoms with van der Waals surface area (Å²) in [7, 11) is 0. The molecule has 0 atom stereocenters. The van der Waals surface area contributed by atoms with Crippen LogP contribution in [0.2, 0.25) is 0 Å². The minimum atomic E-state index is -0.448. The van der Waals surface area contributed by atoms with E-state index in [4.69, 9.17) is 5.73 Å². The Morgan fingerprint density at radius 1 is 1.10 bits per heavy atom. The van der Waals surface area contributed by atoms with Crippen LogP contribution in [0.5, 0.6) is 0 Å². The molecule has 1 aliphatic carbocycles. The van der Waals surface area contributed by atoms with Gasteiger partial charge in [-0.2, -0.15) is 0 Å². The SMILES string of the molecule is Cc1ccc(N)c(C(=O)C2(c3ccccc3)CCCC2)n1. The van der Waals surface area contributed by atoms with E-state index in [2.05, 4.69) is 17.1 Å². The van der Waals surface area contributed by atoms with Crippen LogP contribution in [0.25, 0.3) is 0 Å². The van der Waals surface area contributed by atoms with Gasteiger partial charge in [0, 0.05) is 5.69 Å². The third-order valence-electron chi connectivity index (χ3n) is 4.50. The van der Waals surface area contributed by atoms with Crippen LogP contribution in [0.1, 0.15) is 47.4 Å². The number of nitrogens with two attached hydrogens (primary N) is 1. The Hall–Kier alpha value is -2.16. The molecule has 1 saturated carbocycles. The third-order valence-corrected chi connectivity index (χ3v) is 4.50. The monoisotopic (exact) mass is 280 g/mol. The lowest BCUT2D eigenvalue weighted by atomic mass is 9.74. The average Bonchev–Trinajstić information content (AvgIpc) is 3.01. The number of pyridine rings is 1. The lowest BCUT2D eigenvalue weighted by Crippen LogP contribution is -2.34. The summed E-state index contributed by atoms with van der Waals surface area (Å²) in [5.41, 5.74) is 8.39. The van der Waals surface area contributed by atoms with E-state index in [1.165, 1.54) is 0 Å². The highest BCUT2D eigenvalue weighted by Gasteiger charge is 2.44. The van der Waals surface area contributed by atoms with E-state index in [0.717, 1.165) is 36.9 Å². The fourth-order valence-corrected chi connectivity index (χ4v) is 3.36. The summed E-state index contributed by atoms with van der Waals surface area (Å²) in [4.78, 5) is 17.6. The first-order valence-corrected chi connectivity index (χ1v) is 7.47. The highest BCUT2D eigenvalue weighted by Crippen LogP contribution is 2.43. The molecule has 2 aromatic rings. The van der Waals surface area contributed by atoms with Crippen LogP contribution >= 0.6 is 0 Å². The fraction of sp³-hybridized carbons (Fsp3) is 0.333. The number of rotatable bonds is 3. The standard InChI is InChI=1S/C18H20N2O/c1-13-9-10-15(19)16(20-13)17(21)18(11-5-6-12-18)14-7-3-2-4-8-14/h2-4,7-10H,5-6,11-12,19H2,1H3. The van der Waals surface area contributed by atoms with Gasteiger partial charge in [0.25, 0.3) is 0 Å². The molecule has 0 spiro atoms. The molecule has 0 saturated heterocycles. The summed E-state index contributed by atoms with van der Waals surface area (Å²) in [6.45, 7) is 1.89. The minimum absolute atomic E-state index is 0.0763. The lowest BCUT2D eigenvalue weighted by Gasteiger charge is -2.28. The molecule has 1 fully saturated rings. The summed E-state index contributed by atoms with van der Waals surface area (Å²) in [6.07, 6.45) is 3.91. The van der Waals surface area contributed by atoms with E-state index in [0.29, 0.717) is 11.4 Å². The molecule has 2 N–H and O–H groups in total. The van der Waals surface area contributed by atoms with Crippen LogP contribution in [0.4, 0.5) is 5.69 Å². The maximum absolute atomic E-state index is 13.2. The second-order valence-corrected chi connectivity index (χ2v) is 5.87. The zero-order valence-electron chi connectivity index (χ0n) is 12.3. The summed E-state index contributed by atoms with van der Waals surface area (Å²) >= 11 is 0. The van der Waals surface area contributed by atoms with Crippen molar-refractivity contribution in [1.82, 2.24) is 4.98 Å². The number of ketones is 1. The normalized spacial score (nSPS) is 16.8. The molecule has 1 aliphatic rings. The van der Waals surface area contributed by atoms with Crippen LogP contribution in [-0.4, -0.2) is 10.8 Å². The van der Waals surface area contributed by atoms with E-state index in [1.54, 1.807) is 6.07 Å². The summed E-state index contributed by atoms with van der Waals surface area (Å²) in [5.74, 6) is 0.0763. The number of carbonyl (C=O) groups is 1. The van der Waals surface area contributed by atoms with Gasteiger partial charge in [-0.05, 0) is 37.5 Å². The lowest BCUT2D eigenvalue weighted by molar-refractivity contribution is 0.0881. The van der Waals surface area contributed by atoms with E-state index in [-0.39, 0.29) is 5.78 Å². The summed E-state index contributed by atoms with van der Waals surface area (Å²) in [6, 6.07) is 13.7. The fourth-order valence-electron chi connectivity index (χ4n) is 3.36. The Balaban J connectivity index is 2.10. The molecule has 3 nitrogen and oxygen atoms in total. The first-order valence-electron chi connectivity index (χ1n) is 7.47. The number of benzene rings is 1. The zero-order valence-corrected chi connectivity index (χ0v) is 12.3. The van der Waals surface area contributed by atoms with Crippen molar-refractivity contribution >= 4 is 11.5 Å². The molecule has 1 aromatic heterocycles. The topological polar surface area (TPSA) is 56.0 Å². The predicted molar refractivity (Wildman–Crippen MR) is 84.3 cm³/mol. The molecule has 0 aliphatic heterocycles. The van der Waals surface area contributed by atoms with Gasteiger partial charge in [-0.3, -0.25) is 4.79 Å². The van der Waals surface area contributed by atoms with Crippen molar-refractivity contribution in [2.75, 3.05) is 5.73 Å². The maximum Gasteiger partial charge on any atom is 0.193 e. The van der Waals surface area contributed by atoms with Gasteiger partial charge in [-0.25, -0.2) is 4.98 Å². The molecule has 0 bridgehead atoms. The van der Waals surface area contributed by atoms with Crippen molar-refractivity contribution in [1.29, 1.82) is 0 Å². The number of aryl methyl sites for hydroxylation is 1. The van der Waals surface area contributed by atoms with Crippen molar-refractivity contribution < 1.29 is 4.79 Å². The Morgan fingerprint density at radius 2 is 1.76 bits per heavy atom. The number of nitrogen functional groups attached to an aromatic ring is 1. The van der Waals surface area contributed by atoms with Gasteiger partial charge in [0.15, 0.2) is 5.78 Å². The molecule has 21 heavy (non-hydrogen) atoms. The number of carbonyl (C=O) groups excluding carboxylic acids is 1. The van der Waals surface area contributed by atoms with E-state index < -0.39 is 5.41 Å². The maximum atomic E-state index is 13.2. The quantitative estimate of drug-likeness (QED) is 0.873. The van der Waals surface area contributed by atoms with Crippen molar-refractivity contribution in [3.8, 4) is 0 Å². The molecule has 3 rings (SSSR count). The Labute approximate surface area is 125 Å². The van der Waals surface area contributed by atoms with E-state index in [9.17, 15) is 4.79 Å². The zero-order chi connectivity index (χ0) is 14.9. The van der Waals surface area contributed by atoms with Gasteiger partial charge in [0.05, 0.1) is 11.1 Å². The molecule has 0 radical (unpaired) electrons. The first-order chi connectivity index (χ1) is 10.1. The van der Waals surface area contributed by atoms with Crippen LogP contribution in [0.15, 0.2) is 42.5 Å². The van der Waals surface area contributed by atoms with Crippen LogP contribution < -0.4 is 5.73 Å². The summed E-state index contributed by atoms with van der Waals surface area (Å²) < 4.78 is 0. The molecule has 0 amide bonds. The number of aromatic nitrogens is 1. The Kier molecular flexibility index (Phi) is 3.50. The number of nitrogens with zero attached hydrogens (tertiary/aromatic N) is 1. The van der Waals surface area contributed by atoms with Crippen LogP contribution in [0, 0.1) is 6.92 Å². The van der Waals surface area contributed by atoms with Gasteiger partial charge < -0.3 is 5.73 Å². The van der Waals surface area contributed by atoms with Crippen molar-refractivity contribution in [2.45, 2.75) is 38.0 Å². The molecular weight excluding hydrogens is 260 g/mol. The van der Waals surface area contributed by atoms with Crippen molar-refractivity contribution in [2.24, 2.45) is 0 Å². The molecule has 108 valence electrons. The number of hydrogen-bond acceptors (Lipinski definition) is 3. The second kappa shape index (κ2) is 5.32. The highest BCUT2D eigenvalue weighted by atomic mass is 16.1. The van der Waals surface area contributed by atoms with Crippen LogP contribution in [-0.2, 0) is 5.41 Å². The largest absolute Gasteiger partial charge is 0.397 e. The number of hydrogen-bond donors (Lipinski definition) is 1. The van der Waals surface area contributed by atoms with Gasteiger partial charge in [-0.15, -0.1) is 0 Å². The molecule has 0 unspecified atom stereocenters. The van der Waals surface area contributed by atoms with Crippen LogP contribution in [0.3, 0.4) is 0 Å². The molecule has 1 aromatic carbocycles. The number of Topliss-reactive ketones (excluding diaryl/α,β-unsaturated/α-hetero) is 1. The van der Waals surface area contributed by atoms with Crippen molar-refractivity contribution in [3.63, 3.8) is 0 Å². The Bertz CT molecular complexity index is 658. The first kappa shape index (κ1) is 13.8. The highest BCUT2D eigenvalue weighted by molar-refractivity contribution is 6.06. The van der Waals surface area contributed by atoms with E-state index in [1.807, 2.05) is 31.2 Å². The summed E-state index contributed by atoms with van der Waals surface area (Å²) in [5, 5.41) is 0. The van der Waals surface area contributed by atoms with Gasteiger partial charge in [0.2, 0.25) is 0 Å². The van der Waals surface area contributed by atoms with Gasteiger partial charge in [0.1, 0.15) is 5.69 Å². The minimum Gasteiger partial charge on any atom is -0.397 e. The van der Waals surface area contributed by atoms with E-state index >= 15 is 0 Å². The molecule has 3 heteroatoms. The second-order valence-electron chi connectivity index (χ2n) is 5.87.